The van der Waals surface area contributed by atoms with E-state index in [2.05, 4.69) is 0 Å². The summed E-state index contributed by atoms with van der Waals surface area (Å²) in [4.78, 5) is 13.6. The third kappa shape index (κ3) is 6.57. The van der Waals surface area contributed by atoms with Gasteiger partial charge in [0.2, 0.25) is 0 Å². The minimum atomic E-state index is -0.238. The summed E-state index contributed by atoms with van der Waals surface area (Å²) in [5, 5.41) is 1.30. The van der Waals surface area contributed by atoms with Crippen molar-refractivity contribution in [3.8, 4) is 0 Å². The molecule has 0 unspecified atom stereocenters. The van der Waals surface area contributed by atoms with E-state index in [1.807, 2.05) is 48.5 Å². The number of hydrogen-bond donors (Lipinski definition) is 2. The number of ether oxygens (including phenoxy) is 1. The van der Waals surface area contributed by atoms with Crippen molar-refractivity contribution in [1.82, 2.24) is 0 Å². The number of nitrogens with two attached hydrogens (primary N) is 2. The number of halogens is 2. The first kappa shape index (κ1) is 24.9. The Morgan fingerprint density at radius 1 is 1.13 bits per heavy atom. The van der Waals surface area contributed by atoms with Gasteiger partial charge < -0.3 is 21.0 Å². The Bertz CT molecular complexity index is 936. The second-order valence-electron chi connectivity index (χ2n) is 7.26. The zero-order valence-electron chi connectivity index (χ0n) is 17.9. The van der Waals surface area contributed by atoms with E-state index in [0.717, 1.165) is 42.4 Å². The van der Waals surface area contributed by atoms with Gasteiger partial charge in [-0.1, -0.05) is 53.5 Å². The van der Waals surface area contributed by atoms with Crippen molar-refractivity contribution in [3.63, 3.8) is 0 Å². The summed E-state index contributed by atoms with van der Waals surface area (Å²) in [6, 6.07) is 15.3. The summed E-state index contributed by atoms with van der Waals surface area (Å²) in [5.41, 5.74) is 15.9. The van der Waals surface area contributed by atoms with Crippen LogP contribution in [-0.2, 0) is 14.9 Å². The number of benzene rings is 2. The van der Waals surface area contributed by atoms with Crippen LogP contribution >= 0.6 is 23.2 Å². The third-order valence-corrected chi connectivity index (χ3v) is 5.71. The van der Waals surface area contributed by atoms with Crippen LogP contribution in [0.2, 0.25) is 10.0 Å². The molecule has 7 heteroatoms. The van der Waals surface area contributed by atoms with Gasteiger partial charge in [0.1, 0.15) is 12.1 Å². The quantitative estimate of drug-likeness (QED) is 0.240. The van der Waals surface area contributed by atoms with E-state index in [9.17, 15) is 0 Å². The molecule has 1 saturated carbocycles. The van der Waals surface area contributed by atoms with E-state index in [1.54, 1.807) is 7.11 Å². The van der Waals surface area contributed by atoms with Crippen molar-refractivity contribution >= 4 is 41.0 Å². The number of rotatable bonds is 8. The Kier molecular flexibility index (Phi) is 9.56. The van der Waals surface area contributed by atoms with Crippen LogP contribution in [0.5, 0.6) is 0 Å². The summed E-state index contributed by atoms with van der Waals surface area (Å²) in [6.07, 6.45) is 4.12. The molecule has 1 aliphatic carbocycles. The number of carbonyl (C=O) groups excluding carboxylic acids is 1. The molecule has 1 fully saturated rings. The smallest absolute Gasteiger partial charge is 0.116 e. The van der Waals surface area contributed by atoms with Gasteiger partial charge in [0.25, 0.3) is 0 Å². The maximum atomic E-state index is 8.81. The summed E-state index contributed by atoms with van der Waals surface area (Å²) < 4.78 is 5.18. The van der Waals surface area contributed by atoms with Crippen LogP contribution in [0.1, 0.15) is 43.7 Å². The third-order valence-electron chi connectivity index (χ3n) is 5.13. The maximum absolute atomic E-state index is 8.81. The number of hydrogen-bond acceptors (Lipinski definition) is 4. The molecule has 0 aromatic heterocycles. The fraction of sp³-hybridized carbons (Fsp3) is 0.333. The van der Waals surface area contributed by atoms with E-state index in [-0.39, 0.29) is 5.41 Å². The van der Waals surface area contributed by atoms with Crippen molar-refractivity contribution < 1.29 is 9.53 Å². The van der Waals surface area contributed by atoms with Gasteiger partial charge in [-0.15, -0.1) is 0 Å². The first-order chi connectivity index (χ1) is 14.9. The molecule has 166 valence electrons. The van der Waals surface area contributed by atoms with Gasteiger partial charge in [0, 0.05) is 29.3 Å². The first-order valence-corrected chi connectivity index (χ1v) is 10.9. The largest absolute Gasteiger partial charge is 0.397 e. The molecule has 2 aromatic rings. The SMILES string of the molecule is CC=O.COCCC/C(N=C(N)C1(c2ccc(Cl)cc2)CC1)=C(/N)c1ccccc1Cl. The molecule has 0 aliphatic heterocycles. The monoisotopic (exact) mass is 461 g/mol. The Balaban J connectivity index is 0.00000107. The molecule has 0 spiro atoms. The Labute approximate surface area is 194 Å². The summed E-state index contributed by atoms with van der Waals surface area (Å²) >= 11 is 12.4. The molecule has 2 aromatic carbocycles. The molecule has 0 amide bonds. The normalized spacial score (nSPS) is 15.4. The first-order valence-electron chi connectivity index (χ1n) is 10.1. The number of carbonyl (C=O) groups is 1. The van der Waals surface area contributed by atoms with Crippen LogP contribution < -0.4 is 11.5 Å². The molecular weight excluding hydrogens is 433 g/mol. The van der Waals surface area contributed by atoms with Gasteiger partial charge in [-0.25, -0.2) is 4.99 Å². The highest BCUT2D eigenvalue weighted by Gasteiger charge is 2.48. The predicted molar refractivity (Wildman–Crippen MR) is 129 cm³/mol. The molecule has 4 N–H and O–H groups in total. The second kappa shape index (κ2) is 11.9. The summed E-state index contributed by atoms with van der Waals surface area (Å²) in [7, 11) is 1.68. The molecule has 5 nitrogen and oxygen atoms in total. The Hall–Kier alpha value is -2.34. The highest BCUT2D eigenvalue weighted by atomic mass is 35.5. The van der Waals surface area contributed by atoms with Crippen molar-refractivity contribution in [2.24, 2.45) is 16.5 Å². The van der Waals surface area contributed by atoms with E-state index >= 15 is 0 Å². The lowest BCUT2D eigenvalue weighted by Crippen LogP contribution is -2.29. The second-order valence-corrected chi connectivity index (χ2v) is 8.10. The maximum Gasteiger partial charge on any atom is 0.116 e. The Morgan fingerprint density at radius 2 is 1.74 bits per heavy atom. The number of nitrogens with zero attached hydrogens (tertiary/aromatic N) is 1. The number of aliphatic imine (C=N–C) groups is 1. The van der Waals surface area contributed by atoms with E-state index in [0.29, 0.717) is 34.6 Å². The van der Waals surface area contributed by atoms with Crippen LogP contribution in [-0.4, -0.2) is 25.8 Å². The predicted octanol–water partition coefficient (Wildman–Crippen LogP) is 5.34. The molecule has 0 bridgehead atoms. The van der Waals surface area contributed by atoms with Gasteiger partial charge in [0.05, 0.1) is 16.8 Å². The summed E-state index contributed by atoms with van der Waals surface area (Å²) in [6.45, 7) is 2.07. The van der Waals surface area contributed by atoms with Gasteiger partial charge in [-0.2, -0.15) is 0 Å². The zero-order valence-corrected chi connectivity index (χ0v) is 19.4. The van der Waals surface area contributed by atoms with Crippen LogP contribution in [0.3, 0.4) is 0 Å². The molecule has 0 saturated heterocycles. The fourth-order valence-electron chi connectivity index (χ4n) is 3.31. The topological polar surface area (TPSA) is 90.7 Å². The van der Waals surface area contributed by atoms with Gasteiger partial charge in [0.15, 0.2) is 0 Å². The number of methoxy groups -OCH3 is 1. The summed E-state index contributed by atoms with van der Waals surface area (Å²) in [5.74, 6) is 0.581. The van der Waals surface area contributed by atoms with Crippen molar-refractivity contribution in [1.29, 1.82) is 0 Å². The minimum Gasteiger partial charge on any atom is -0.397 e. The number of allylic oxidation sites excluding steroid dienone is 1. The van der Waals surface area contributed by atoms with Crippen LogP contribution in [0.15, 0.2) is 59.2 Å². The average molecular weight is 462 g/mol. The molecular formula is C24H29Cl2N3O2. The van der Waals surface area contributed by atoms with E-state index in [4.69, 9.17) is 49.2 Å². The van der Waals surface area contributed by atoms with Crippen LogP contribution in [0.25, 0.3) is 5.70 Å². The highest BCUT2D eigenvalue weighted by Crippen LogP contribution is 2.49. The number of aldehydes is 1. The fourth-order valence-corrected chi connectivity index (χ4v) is 3.67. The van der Waals surface area contributed by atoms with Gasteiger partial charge in [-0.3, -0.25) is 0 Å². The minimum absolute atomic E-state index is 0.238. The highest BCUT2D eigenvalue weighted by molar-refractivity contribution is 6.32. The molecule has 0 radical (unpaired) electrons. The zero-order chi connectivity index (χ0) is 22.9. The molecule has 31 heavy (non-hydrogen) atoms. The van der Waals surface area contributed by atoms with Gasteiger partial charge >= 0.3 is 0 Å². The Morgan fingerprint density at radius 3 is 2.29 bits per heavy atom. The van der Waals surface area contributed by atoms with E-state index in [1.165, 1.54) is 6.92 Å². The lowest BCUT2D eigenvalue weighted by molar-refractivity contribution is -0.106. The van der Waals surface area contributed by atoms with Gasteiger partial charge in [-0.05, 0) is 56.4 Å². The number of amidine groups is 1. The molecule has 1 aliphatic rings. The lowest BCUT2D eigenvalue weighted by Gasteiger charge is -2.17. The van der Waals surface area contributed by atoms with Crippen LogP contribution in [0, 0.1) is 0 Å². The van der Waals surface area contributed by atoms with Crippen molar-refractivity contribution in [2.45, 2.75) is 38.0 Å². The molecule has 3 rings (SSSR count). The van der Waals surface area contributed by atoms with Crippen molar-refractivity contribution in [2.75, 3.05) is 13.7 Å². The average Bonchev–Trinajstić information content (AvgIpc) is 3.56. The standard InChI is InChI=1S/C22H25Cl2N3O.C2H4O/c1-28-14-4-7-19(20(25)17-5-2-3-6-18(17)24)27-21(26)22(12-13-22)15-8-10-16(23)11-9-15;1-2-3/h2-3,5-6,8-11H,4,7,12-14,25H2,1H3,(H2,26,27);2H,1H3/b20-19-;. The molecule has 0 heterocycles. The lowest BCUT2D eigenvalue weighted by atomic mass is 9.94. The molecule has 0 atom stereocenters. The van der Waals surface area contributed by atoms with Crippen LogP contribution in [0.4, 0.5) is 0 Å². The van der Waals surface area contributed by atoms with Crippen molar-refractivity contribution in [3.05, 3.63) is 75.4 Å². The van der Waals surface area contributed by atoms with E-state index < -0.39 is 0 Å².